The van der Waals surface area contributed by atoms with Crippen LogP contribution in [-0.4, -0.2) is 95.4 Å². The van der Waals surface area contributed by atoms with Crippen LogP contribution in [0, 0.1) is 11.7 Å². The summed E-state index contributed by atoms with van der Waals surface area (Å²) in [6.07, 6.45) is 0.328. The molecule has 3 atom stereocenters. The molecule has 1 aromatic heterocycles. The minimum absolute atomic E-state index is 0.0392. The third kappa shape index (κ3) is 5.71. The number of piperidine rings is 1. The molecule has 0 aliphatic carbocycles. The Hall–Kier alpha value is -4.42. The van der Waals surface area contributed by atoms with Gasteiger partial charge >= 0.3 is 0 Å². The van der Waals surface area contributed by atoms with E-state index in [1.165, 1.54) is 4.90 Å². The summed E-state index contributed by atoms with van der Waals surface area (Å²) in [6, 6.07) is 12.1. The number of carbonyl (C=O) groups excluding carboxylic acids is 4. The number of nitrogens with one attached hydrogen (secondary N) is 1. The number of hydrogen-bond donors (Lipinski definition) is 1. The molecule has 0 radical (unpaired) electrons. The summed E-state index contributed by atoms with van der Waals surface area (Å²) in [5, 5.41) is 3.07. The van der Waals surface area contributed by atoms with Crippen LogP contribution < -0.4 is 10.1 Å². The average Bonchev–Trinajstić information content (AvgIpc) is 3.51. The molecule has 4 aliphatic heterocycles. The normalized spacial score (nSPS) is 23.5. The van der Waals surface area contributed by atoms with Crippen molar-refractivity contribution < 1.29 is 33.0 Å². The topological polar surface area (TPSA) is 121 Å². The Labute approximate surface area is 265 Å². The number of nitrogens with zero attached hydrogens (tertiary/aromatic N) is 4. The minimum Gasteiger partial charge on any atom is -0.489 e. The third-order valence-corrected chi connectivity index (χ3v) is 9.60. The van der Waals surface area contributed by atoms with Crippen LogP contribution in [0.5, 0.6) is 5.75 Å². The van der Waals surface area contributed by atoms with Gasteiger partial charge < -0.3 is 19.3 Å². The minimum atomic E-state index is -0.671. The summed E-state index contributed by atoms with van der Waals surface area (Å²) in [4.78, 5) is 58.7. The summed E-state index contributed by atoms with van der Waals surface area (Å²) in [5.74, 6) is -0.479. The fourth-order valence-corrected chi connectivity index (χ4v) is 7.13. The first-order chi connectivity index (χ1) is 22.2. The number of likely N-dealkylation sites (tertiary alicyclic amines) is 2. The molecule has 7 rings (SSSR count). The maximum atomic E-state index is 15.3. The Morgan fingerprint density at radius 1 is 1.07 bits per heavy atom. The molecule has 240 valence electrons. The lowest BCUT2D eigenvalue weighted by molar-refractivity contribution is -0.137. The monoisotopic (exact) mass is 629 g/mol. The van der Waals surface area contributed by atoms with E-state index < -0.39 is 11.9 Å². The van der Waals surface area contributed by atoms with Crippen LogP contribution in [-0.2, 0) is 32.2 Å². The van der Waals surface area contributed by atoms with Gasteiger partial charge in [0.15, 0.2) is 0 Å². The van der Waals surface area contributed by atoms with Gasteiger partial charge in [-0.05, 0) is 53.9 Å². The highest BCUT2D eigenvalue weighted by Crippen LogP contribution is 2.33. The zero-order valence-corrected chi connectivity index (χ0v) is 25.8. The summed E-state index contributed by atoms with van der Waals surface area (Å²) >= 11 is 0. The van der Waals surface area contributed by atoms with Gasteiger partial charge in [-0.2, -0.15) is 0 Å². The molecule has 5 heterocycles. The molecule has 4 aliphatic rings. The lowest BCUT2D eigenvalue weighted by Gasteiger charge is -2.38. The number of imide groups is 1. The molecule has 0 unspecified atom stereocenters. The first-order valence-corrected chi connectivity index (χ1v) is 15.7. The number of pyridine rings is 1. The van der Waals surface area contributed by atoms with Gasteiger partial charge in [0.1, 0.15) is 29.2 Å². The van der Waals surface area contributed by atoms with Gasteiger partial charge in [0.25, 0.3) is 5.91 Å². The van der Waals surface area contributed by atoms with E-state index in [1.807, 2.05) is 24.3 Å². The van der Waals surface area contributed by atoms with Crippen LogP contribution in [0.15, 0.2) is 42.5 Å². The van der Waals surface area contributed by atoms with Crippen LogP contribution in [0.25, 0.3) is 10.9 Å². The summed E-state index contributed by atoms with van der Waals surface area (Å²) in [7, 11) is 1.66. The van der Waals surface area contributed by atoms with Crippen molar-refractivity contribution in [1.29, 1.82) is 0 Å². The first kappa shape index (κ1) is 30.2. The number of fused-ring (bicyclic) bond motifs is 2. The molecule has 11 nitrogen and oxygen atoms in total. The number of aromatic nitrogens is 1. The number of amides is 4. The van der Waals surface area contributed by atoms with Crippen molar-refractivity contribution in [3.63, 3.8) is 0 Å². The quantitative estimate of drug-likeness (QED) is 0.378. The van der Waals surface area contributed by atoms with E-state index in [-0.39, 0.29) is 54.4 Å². The van der Waals surface area contributed by atoms with Gasteiger partial charge in [0.05, 0.1) is 6.61 Å². The number of hydrogen-bond acceptors (Lipinski definition) is 8. The first-order valence-electron chi connectivity index (χ1n) is 15.7. The van der Waals surface area contributed by atoms with Gasteiger partial charge in [-0.1, -0.05) is 6.07 Å². The number of benzene rings is 2. The maximum Gasteiger partial charge on any atom is 0.255 e. The zero-order valence-electron chi connectivity index (χ0n) is 25.8. The summed E-state index contributed by atoms with van der Waals surface area (Å²) in [5.41, 5.74) is 3.30. The second-order valence-electron chi connectivity index (χ2n) is 12.8. The Kier molecular flexibility index (Phi) is 7.93. The molecule has 3 saturated heterocycles. The molecule has 3 aromatic rings. The van der Waals surface area contributed by atoms with E-state index in [0.717, 1.165) is 22.2 Å². The van der Waals surface area contributed by atoms with E-state index in [9.17, 15) is 19.2 Å². The Morgan fingerprint density at radius 2 is 1.89 bits per heavy atom. The Bertz CT molecular complexity index is 1740. The highest BCUT2D eigenvalue weighted by atomic mass is 19.1. The van der Waals surface area contributed by atoms with E-state index in [2.05, 4.69) is 15.2 Å². The van der Waals surface area contributed by atoms with Crippen LogP contribution in [0.4, 0.5) is 4.39 Å². The number of carbonyl (C=O) groups is 4. The van der Waals surface area contributed by atoms with Crippen molar-refractivity contribution >= 4 is 34.5 Å². The number of ether oxygens (including phenoxy) is 2. The molecule has 4 amide bonds. The molecule has 1 N–H and O–H groups in total. The number of rotatable bonds is 8. The lowest BCUT2D eigenvalue weighted by atomic mass is 9.95. The van der Waals surface area contributed by atoms with Gasteiger partial charge in [-0.25, -0.2) is 9.37 Å². The van der Waals surface area contributed by atoms with Crippen LogP contribution in [0.2, 0.25) is 0 Å². The predicted octanol–water partition coefficient (Wildman–Crippen LogP) is 2.61. The van der Waals surface area contributed by atoms with E-state index in [0.29, 0.717) is 62.6 Å². The fourth-order valence-electron chi connectivity index (χ4n) is 7.13. The van der Waals surface area contributed by atoms with Crippen molar-refractivity contribution in [3.8, 4) is 5.75 Å². The zero-order chi connectivity index (χ0) is 32.1. The van der Waals surface area contributed by atoms with E-state index >= 15 is 4.39 Å². The molecule has 2 aromatic carbocycles. The maximum absolute atomic E-state index is 15.3. The van der Waals surface area contributed by atoms with Gasteiger partial charge in [-0.15, -0.1) is 0 Å². The van der Waals surface area contributed by atoms with Gasteiger partial charge in [0, 0.05) is 88.2 Å². The second-order valence-corrected chi connectivity index (χ2v) is 12.8. The predicted molar refractivity (Wildman–Crippen MR) is 164 cm³/mol. The van der Waals surface area contributed by atoms with Gasteiger partial charge in [-0.3, -0.25) is 29.4 Å². The van der Waals surface area contributed by atoms with Gasteiger partial charge in [0.2, 0.25) is 17.7 Å². The van der Waals surface area contributed by atoms with E-state index in [4.69, 9.17) is 9.47 Å². The molecule has 12 heteroatoms. The second kappa shape index (κ2) is 12.1. The van der Waals surface area contributed by atoms with Crippen molar-refractivity contribution in [2.45, 2.75) is 50.9 Å². The molecule has 3 fully saturated rings. The smallest absolute Gasteiger partial charge is 0.255 e. The molecular formula is C34H36FN5O6. The summed E-state index contributed by atoms with van der Waals surface area (Å²) < 4.78 is 27.3. The van der Waals surface area contributed by atoms with Crippen molar-refractivity contribution in [1.82, 2.24) is 25.0 Å². The van der Waals surface area contributed by atoms with Crippen molar-refractivity contribution in [2.24, 2.45) is 5.92 Å². The van der Waals surface area contributed by atoms with E-state index in [1.54, 1.807) is 37.1 Å². The average molecular weight is 630 g/mol. The molecule has 46 heavy (non-hydrogen) atoms. The number of methoxy groups -OCH3 is 1. The lowest BCUT2D eigenvalue weighted by Crippen LogP contribution is -2.52. The highest BCUT2D eigenvalue weighted by molar-refractivity contribution is 6.05. The fraction of sp³-hybridized carbons (Fsp3) is 0.441. The molecule has 0 spiro atoms. The van der Waals surface area contributed by atoms with Crippen molar-refractivity contribution in [2.75, 3.05) is 39.9 Å². The molecule has 0 bridgehead atoms. The summed E-state index contributed by atoms with van der Waals surface area (Å²) in [6.45, 7) is 5.38. The number of halogens is 1. The molecular weight excluding hydrogens is 593 g/mol. The standard InChI is InChI=1S/C34H36FN5O6/c1-19(41)39-14-23(15-39)28-6-3-21-9-20(10-27(35)32(21)36-28)12-38-13-24(18-45-2)30(17-38)46-25-4-5-26-22(11-25)16-40(34(26)44)29-7-8-31(42)37-33(29)43/h3-6,9-11,23-24,29-30H,7-8,12-18H2,1-2H3,(H,37,42,43)/t24-,29-,30+/m0/s1. The van der Waals surface area contributed by atoms with Crippen LogP contribution >= 0.6 is 0 Å². The Morgan fingerprint density at radius 3 is 2.65 bits per heavy atom. The molecule has 0 saturated carbocycles. The largest absolute Gasteiger partial charge is 0.489 e. The van der Waals surface area contributed by atoms with Crippen LogP contribution in [0.3, 0.4) is 0 Å². The van der Waals surface area contributed by atoms with Crippen molar-refractivity contribution in [3.05, 3.63) is 70.7 Å². The third-order valence-electron chi connectivity index (χ3n) is 9.60. The highest BCUT2D eigenvalue weighted by Gasteiger charge is 2.40. The SMILES string of the molecule is COC[C@@H]1CN(Cc2cc(F)c3nc(C4CN(C(C)=O)C4)ccc3c2)C[C@H]1Oc1ccc2c(c1)CN([C@H]1CCC(=O)NC1=O)C2=O. The Balaban J connectivity index is 1.02. The van der Waals surface area contributed by atoms with Crippen LogP contribution in [0.1, 0.15) is 52.9 Å².